The van der Waals surface area contributed by atoms with Gasteiger partial charge in [0.25, 0.3) is 0 Å². The highest BCUT2D eigenvalue weighted by atomic mass is 79.9. The minimum absolute atomic E-state index is 0.210. The number of ether oxygens (including phenoxy) is 1. The number of anilines is 1. The van der Waals surface area contributed by atoms with Crippen LogP contribution >= 0.6 is 15.9 Å². The fraction of sp³-hybridized carbons (Fsp3) is 0.0667. The van der Waals surface area contributed by atoms with E-state index in [0.29, 0.717) is 11.4 Å². The zero-order valence-electron chi connectivity index (χ0n) is 10.8. The SMILES string of the molecule is COc1ccc(Br)cc1/C=C/C(=O)Nc1ccncc1. The number of halogens is 1. The van der Waals surface area contributed by atoms with Gasteiger partial charge in [-0.15, -0.1) is 0 Å². The number of hydrogen-bond donors (Lipinski definition) is 1. The van der Waals surface area contributed by atoms with Crippen molar-refractivity contribution in [3.05, 3.63) is 58.8 Å². The first-order valence-corrected chi connectivity index (χ1v) is 6.71. The maximum Gasteiger partial charge on any atom is 0.248 e. The number of aromatic nitrogens is 1. The van der Waals surface area contributed by atoms with E-state index in [1.54, 1.807) is 37.7 Å². The summed E-state index contributed by atoms with van der Waals surface area (Å²) in [4.78, 5) is 15.7. The van der Waals surface area contributed by atoms with Crippen molar-refractivity contribution >= 4 is 33.6 Å². The molecule has 2 aromatic rings. The van der Waals surface area contributed by atoms with Gasteiger partial charge in [-0.05, 0) is 36.4 Å². The van der Waals surface area contributed by atoms with E-state index in [2.05, 4.69) is 26.2 Å². The first kappa shape index (κ1) is 14.3. The molecule has 4 nitrogen and oxygen atoms in total. The van der Waals surface area contributed by atoms with Crippen LogP contribution in [0.1, 0.15) is 5.56 Å². The Morgan fingerprint density at radius 3 is 2.75 bits per heavy atom. The number of pyridine rings is 1. The predicted molar refractivity (Wildman–Crippen MR) is 82.6 cm³/mol. The Bertz CT molecular complexity index is 627. The summed E-state index contributed by atoms with van der Waals surface area (Å²) in [7, 11) is 1.59. The molecule has 102 valence electrons. The molecule has 1 N–H and O–H groups in total. The fourth-order valence-electron chi connectivity index (χ4n) is 1.62. The number of amides is 1. The van der Waals surface area contributed by atoms with Gasteiger partial charge in [-0.3, -0.25) is 9.78 Å². The number of carbonyl (C=O) groups excluding carboxylic acids is 1. The molecule has 0 bridgehead atoms. The van der Waals surface area contributed by atoms with E-state index in [1.807, 2.05) is 18.2 Å². The summed E-state index contributed by atoms with van der Waals surface area (Å²) in [5.74, 6) is 0.499. The lowest BCUT2D eigenvalue weighted by Crippen LogP contribution is -2.07. The molecule has 0 atom stereocenters. The van der Waals surface area contributed by atoms with E-state index < -0.39 is 0 Å². The van der Waals surface area contributed by atoms with E-state index in [-0.39, 0.29) is 5.91 Å². The number of nitrogens with one attached hydrogen (secondary N) is 1. The average molecular weight is 333 g/mol. The third-order valence-electron chi connectivity index (χ3n) is 2.55. The van der Waals surface area contributed by atoms with E-state index in [1.165, 1.54) is 6.08 Å². The van der Waals surface area contributed by atoms with Crippen molar-refractivity contribution in [2.45, 2.75) is 0 Å². The highest BCUT2D eigenvalue weighted by molar-refractivity contribution is 9.10. The highest BCUT2D eigenvalue weighted by Crippen LogP contribution is 2.24. The Morgan fingerprint density at radius 2 is 2.05 bits per heavy atom. The van der Waals surface area contributed by atoms with Crippen molar-refractivity contribution < 1.29 is 9.53 Å². The average Bonchev–Trinajstić information content (AvgIpc) is 2.46. The van der Waals surface area contributed by atoms with E-state index in [9.17, 15) is 4.79 Å². The van der Waals surface area contributed by atoms with Crippen LogP contribution in [0.5, 0.6) is 5.75 Å². The van der Waals surface area contributed by atoms with Crippen LogP contribution in [0, 0.1) is 0 Å². The zero-order chi connectivity index (χ0) is 14.4. The van der Waals surface area contributed by atoms with Crippen molar-refractivity contribution in [2.24, 2.45) is 0 Å². The highest BCUT2D eigenvalue weighted by Gasteiger charge is 2.02. The van der Waals surface area contributed by atoms with Crippen LogP contribution < -0.4 is 10.1 Å². The molecule has 1 amide bonds. The van der Waals surface area contributed by atoms with Crippen molar-refractivity contribution in [1.82, 2.24) is 4.98 Å². The molecule has 0 saturated carbocycles. The number of carbonyl (C=O) groups is 1. The molecule has 0 spiro atoms. The van der Waals surface area contributed by atoms with Crippen LogP contribution in [0.15, 0.2) is 53.3 Å². The Morgan fingerprint density at radius 1 is 1.30 bits per heavy atom. The van der Waals surface area contributed by atoms with Crippen LogP contribution in [-0.2, 0) is 4.79 Å². The first-order chi connectivity index (χ1) is 9.69. The van der Waals surface area contributed by atoms with Gasteiger partial charge in [0, 0.05) is 34.2 Å². The monoisotopic (exact) mass is 332 g/mol. The lowest BCUT2D eigenvalue weighted by atomic mass is 10.2. The molecule has 1 aromatic heterocycles. The molecular weight excluding hydrogens is 320 g/mol. The van der Waals surface area contributed by atoms with Crippen LogP contribution in [0.25, 0.3) is 6.08 Å². The number of benzene rings is 1. The largest absolute Gasteiger partial charge is 0.496 e. The Balaban J connectivity index is 2.09. The predicted octanol–water partition coefficient (Wildman–Crippen LogP) is 3.50. The summed E-state index contributed by atoms with van der Waals surface area (Å²) < 4.78 is 6.16. The molecule has 5 heteroatoms. The van der Waals surface area contributed by atoms with Gasteiger partial charge in [-0.2, -0.15) is 0 Å². The number of nitrogens with zero attached hydrogens (tertiary/aromatic N) is 1. The molecule has 0 fully saturated rings. The summed E-state index contributed by atoms with van der Waals surface area (Å²) in [6.45, 7) is 0. The van der Waals surface area contributed by atoms with Crippen LogP contribution in [0.3, 0.4) is 0 Å². The summed E-state index contributed by atoms with van der Waals surface area (Å²) in [5, 5.41) is 2.75. The molecule has 0 saturated heterocycles. The Kier molecular flexibility index (Phi) is 4.90. The molecule has 2 rings (SSSR count). The second kappa shape index (κ2) is 6.86. The maximum absolute atomic E-state index is 11.8. The van der Waals surface area contributed by atoms with E-state index in [0.717, 1.165) is 10.0 Å². The lowest BCUT2D eigenvalue weighted by Gasteiger charge is -2.05. The summed E-state index contributed by atoms with van der Waals surface area (Å²) in [6, 6.07) is 9.06. The molecular formula is C15H13BrN2O2. The van der Waals surface area contributed by atoms with E-state index >= 15 is 0 Å². The molecule has 0 radical (unpaired) electrons. The maximum atomic E-state index is 11.8. The van der Waals surface area contributed by atoms with Crippen molar-refractivity contribution in [3.8, 4) is 5.75 Å². The fourth-order valence-corrected chi connectivity index (χ4v) is 2.00. The quantitative estimate of drug-likeness (QED) is 0.871. The topological polar surface area (TPSA) is 51.2 Å². The van der Waals surface area contributed by atoms with Crippen LogP contribution in [0.2, 0.25) is 0 Å². The van der Waals surface area contributed by atoms with Gasteiger partial charge in [0.05, 0.1) is 7.11 Å². The Labute approximate surface area is 125 Å². The molecule has 0 aliphatic rings. The smallest absolute Gasteiger partial charge is 0.248 e. The summed E-state index contributed by atoms with van der Waals surface area (Å²) in [5.41, 5.74) is 1.53. The van der Waals surface area contributed by atoms with Crippen molar-refractivity contribution in [3.63, 3.8) is 0 Å². The summed E-state index contributed by atoms with van der Waals surface area (Å²) >= 11 is 3.39. The third-order valence-corrected chi connectivity index (χ3v) is 3.05. The lowest BCUT2D eigenvalue weighted by molar-refractivity contribution is -0.111. The Hall–Kier alpha value is -2.14. The second-order valence-electron chi connectivity index (χ2n) is 3.94. The molecule has 1 aromatic carbocycles. The molecule has 1 heterocycles. The number of hydrogen-bond acceptors (Lipinski definition) is 3. The standard InChI is InChI=1S/C15H13BrN2O2/c1-20-14-4-3-12(16)10-11(14)2-5-15(19)18-13-6-8-17-9-7-13/h2-10H,1H3,(H,17,18,19)/b5-2+. The molecule has 20 heavy (non-hydrogen) atoms. The van der Waals surface area contributed by atoms with Gasteiger partial charge in [-0.1, -0.05) is 15.9 Å². The zero-order valence-corrected chi connectivity index (χ0v) is 12.4. The molecule has 0 aliphatic carbocycles. The van der Waals surface area contributed by atoms with Gasteiger partial charge < -0.3 is 10.1 Å². The second-order valence-corrected chi connectivity index (χ2v) is 4.86. The summed E-state index contributed by atoms with van der Waals surface area (Å²) in [6.07, 6.45) is 6.41. The number of methoxy groups -OCH3 is 1. The van der Waals surface area contributed by atoms with Crippen LogP contribution in [0.4, 0.5) is 5.69 Å². The number of rotatable bonds is 4. The minimum Gasteiger partial charge on any atom is -0.496 e. The van der Waals surface area contributed by atoms with Gasteiger partial charge in [0.2, 0.25) is 5.91 Å². The van der Waals surface area contributed by atoms with E-state index in [4.69, 9.17) is 4.74 Å². The normalized spacial score (nSPS) is 10.5. The minimum atomic E-state index is -0.210. The first-order valence-electron chi connectivity index (χ1n) is 5.91. The molecule has 0 aliphatic heterocycles. The van der Waals surface area contributed by atoms with Crippen LogP contribution in [-0.4, -0.2) is 18.0 Å². The van der Waals surface area contributed by atoms with Crippen molar-refractivity contribution in [1.29, 1.82) is 0 Å². The van der Waals surface area contributed by atoms with Crippen molar-refractivity contribution in [2.75, 3.05) is 12.4 Å². The third kappa shape index (κ3) is 3.93. The van der Waals surface area contributed by atoms with Gasteiger partial charge in [0.15, 0.2) is 0 Å². The van der Waals surface area contributed by atoms with Gasteiger partial charge in [0.1, 0.15) is 5.75 Å². The van der Waals surface area contributed by atoms with Gasteiger partial charge in [-0.25, -0.2) is 0 Å². The van der Waals surface area contributed by atoms with Gasteiger partial charge >= 0.3 is 0 Å². The molecule has 0 unspecified atom stereocenters.